The molecule has 0 amide bonds. The average Bonchev–Trinajstić information content (AvgIpc) is 2.45. The van der Waals surface area contributed by atoms with Crippen LogP contribution in [0.1, 0.15) is 107 Å². The Kier molecular flexibility index (Phi) is 17.4. The Morgan fingerprint density at radius 2 is 1.24 bits per heavy atom. The van der Waals surface area contributed by atoms with Crippen molar-refractivity contribution in [1.82, 2.24) is 39.3 Å². The maximum Gasteiger partial charge on any atom is 0.404 e. The van der Waals surface area contributed by atoms with Gasteiger partial charge in [-0.3, -0.25) is 14.6 Å². The Bertz CT molecular complexity index is 3900. The fourth-order valence-electron chi connectivity index (χ4n) is 9.69. The number of aromatic nitrogens is 6. The van der Waals surface area contributed by atoms with Gasteiger partial charge in [0.1, 0.15) is 39.0 Å². The van der Waals surface area contributed by atoms with E-state index in [-0.39, 0.29) is 41.0 Å². The molecule has 83 heavy (non-hydrogen) atoms. The van der Waals surface area contributed by atoms with Crippen LogP contribution in [0.4, 0.5) is 26.3 Å². The molecule has 4 N–H and O–H groups in total. The molecular weight excluding hydrogens is 1230 g/mol. The number of carboxylic acids is 2. The molecule has 0 radical (unpaired) electrons. The largest absolute Gasteiger partial charge is 0.481 e. The normalized spacial score (nSPS) is 17.3. The number of carbonyl (C=O) groups is 2. The zero-order valence-electron chi connectivity index (χ0n) is 45.0. The van der Waals surface area contributed by atoms with Crippen molar-refractivity contribution in [3.63, 3.8) is 0 Å². The van der Waals surface area contributed by atoms with Crippen molar-refractivity contribution >= 4 is 100.0 Å². The van der Waals surface area contributed by atoms with E-state index >= 15 is 0 Å². The number of pyridine rings is 1. The van der Waals surface area contributed by atoms with Crippen molar-refractivity contribution in [2.45, 2.75) is 139 Å². The minimum atomic E-state index is -4.88. The SMILES string of the molecule is C[C@H](NS(=O)(=O)c1ccc(-c2sc(-c3sc(CC(C)(C)C(=O)O)nc3C3CC(Cc4nc(-c5cc(CC(C)(C)C(=O)O)ncn5)sc4-c4ccc(S(=O)(=O)N[C@@H](C)C(F)(F)F)c5cnccc45)C3)nc2CC2CCC2)c(Cl)c1Cl)C(F)(F)F. The van der Waals surface area contributed by atoms with Gasteiger partial charge in [0.05, 0.1) is 62.5 Å². The number of aliphatic carboxylic acids is 2. The smallest absolute Gasteiger partial charge is 0.404 e. The Morgan fingerprint density at radius 3 is 1.84 bits per heavy atom. The maximum absolute atomic E-state index is 13.6. The summed E-state index contributed by atoms with van der Waals surface area (Å²) in [6, 6.07) is 3.62. The van der Waals surface area contributed by atoms with Gasteiger partial charge in [0, 0.05) is 53.4 Å². The lowest BCUT2D eigenvalue weighted by Crippen LogP contribution is -2.43. The van der Waals surface area contributed by atoms with Crippen LogP contribution >= 0.6 is 57.2 Å². The summed E-state index contributed by atoms with van der Waals surface area (Å²) >= 11 is 17.3. The summed E-state index contributed by atoms with van der Waals surface area (Å²) in [4.78, 5) is 53.7. The summed E-state index contributed by atoms with van der Waals surface area (Å²) in [5.74, 6) is -2.03. The quantitative estimate of drug-likeness (QED) is 0.0489. The van der Waals surface area contributed by atoms with Crippen molar-refractivity contribution in [2.24, 2.45) is 22.7 Å². The van der Waals surface area contributed by atoms with E-state index in [1.165, 1.54) is 70.9 Å². The van der Waals surface area contributed by atoms with Crippen LogP contribution in [-0.4, -0.2) is 93.3 Å². The van der Waals surface area contributed by atoms with Crippen molar-refractivity contribution in [3.8, 4) is 41.5 Å². The first-order valence-corrected chi connectivity index (χ1v) is 32.1. The van der Waals surface area contributed by atoms with E-state index in [9.17, 15) is 63.0 Å². The number of fused-ring (bicyclic) bond motifs is 1. The molecule has 0 aliphatic heterocycles. The average molecular weight is 1290 g/mol. The monoisotopic (exact) mass is 1290 g/mol. The number of sulfonamides is 2. The van der Waals surface area contributed by atoms with Gasteiger partial charge < -0.3 is 10.2 Å². The van der Waals surface area contributed by atoms with E-state index in [0.717, 1.165) is 25.3 Å². The molecule has 2 aromatic carbocycles. The van der Waals surface area contributed by atoms with E-state index in [4.69, 9.17) is 38.2 Å². The molecule has 0 bridgehead atoms. The second-order valence-corrected chi connectivity index (χ2v) is 29.5. The molecule has 9 rings (SSSR count). The molecule has 0 unspecified atom stereocenters. The van der Waals surface area contributed by atoms with Crippen molar-refractivity contribution in [1.29, 1.82) is 0 Å². The van der Waals surface area contributed by atoms with Gasteiger partial charge in [0.15, 0.2) is 0 Å². The number of thiazole rings is 3. The highest BCUT2D eigenvalue weighted by Crippen LogP contribution is 2.52. The Labute approximate surface area is 495 Å². The van der Waals surface area contributed by atoms with Crippen LogP contribution < -0.4 is 9.44 Å². The van der Waals surface area contributed by atoms with Gasteiger partial charge in [-0.1, -0.05) is 54.6 Å². The Balaban J connectivity index is 1.09. The molecule has 0 spiro atoms. The number of benzene rings is 2. The Morgan fingerprint density at radius 1 is 0.687 bits per heavy atom. The summed E-state index contributed by atoms with van der Waals surface area (Å²) in [6.45, 7) is 7.69. The summed E-state index contributed by atoms with van der Waals surface area (Å²) in [5, 5.41) is 21.3. The Hall–Kier alpha value is -5.26. The third-order valence-corrected chi connectivity index (χ3v) is 22.6. The minimum absolute atomic E-state index is 0.0505. The summed E-state index contributed by atoms with van der Waals surface area (Å²) in [6.07, 6.45) is -0.720. The first kappa shape index (κ1) is 62.3. The van der Waals surface area contributed by atoms with Crippen LogP contribution in [0.3, 0.4) is 0 Å². The van der Waals surface area contributed by atoms with Crippen molar-refractivity contribution in [3.05, 3.63) is 92.9 Å². The molecule has 7 aromatic rings. The topological polar surface area (TPSA) is 244 Å². The number of nitrogens with zero attached hydrogens (tertiary/aromatic N) is 6. The summed E-state index contributed by atoms with van der Waals surface area (Å²) in [5.41, 5.74) is 1.16. The molecule has 5 aromatic heterocycles. The maximum atomic E-state index is 13.6. The van der Waals surface area contributed by atoms with Crippen LogP contribution in [-0.2, 0) is 55.3 Å². The molecule has 0 saturated heterocycles. The van der Waals surface area contributed by atoms with E-state index in [2.05, 4.69) is 15.0 Å². The molecular formula is C54H54Cl2F6N8O8S5. The van der Waals surface area contributed by atoms with Crippen molar-refractivity contribution < 1.29 is 63.0 Å². The first-order valence-electron chi connectivity index (χ1n) is 25.9. The van der Waals surface area contributed by atoms with Crippen LogP contribution in [0.5, 0.6) is 0 Å². The number of hydrogen-bond acceptors (Lipinski definition) is 15. The number of nitrogens with one attached hydrogen (secondary N) is 2. The van der Waals surface area contributed by atoms with Gasteiger partial charge in [0.2, 0.25) is 20.0 Å². The first-order chi connectivity index (χ1) is 38.6. The predicted molar refractivity (Wildman–Crippen MR) is 305 cm³/mol. The second kappa shape index (κ2) is 23.2. The molecule has 16 nitrogen and oxygen atoms in total. The molecule has 29 heteroatoms. The van der Waals surface area contributed by atoms with Gasteiger partial charge in [0.25, 0.3) is 0 Å². The molecule has 2 saturated carbocycles. The van der Waals surface area contributed by atoms with Crippen LogP contribution in [0, 0.1) is 22.7 Å². The molecule has 2 fully saturated rings. The molecule has 444 valence electrons. The number of alkyl halides is 6. The number of hydrogen-bond donors (Lipinski definition) is 4. The number of halogens is 8. The second-order valence-electron chi connectivity index (χ2n) is 22.3. The highest BCUT2D eigenvalue weighted by atomic mass is 35.5. The lowest BCUT2D eigenvalue weighted by Gasteiger charge is -2.34. The van der Waals surface area contributed by atoms with Crippen LogP contribution in [0.25, 0.3) is 52.2 Å². The standard InChI is InChI=1S/C54H54Cl2F6N8O8S5/c1-25(53(57,58)59)69-82(75,76)38-12-10-32(31-14-15-63-23-34(31)38)44-36(66-47(80-44)37-20-30(64-24-65-37)21-51(3,4)49(71)72)19-28-16-29(17-28)43-46(79-40(68-43)22-52(5,6)50(73)74)48-67-35(18-27-8-7-9-27)45(81-48)33-11-13-39(42(56)41(33)55)83(77,78)70-26(2)54(60,61)62/h10-15,20,23-29,69-70H,7-9,16-19,21-22H2,1-6H3,(H,71,72)(H,73,74)/t25-,26-,28?,29?/m0/s1. The zero-order chi connectivity index (χ0) is 60.5. The fraction of sp³-hybridized carbons (Fsp3) is 0.444. The van der Waals surface area contributed by atoms with Gasteiger partial charge in [-0.15, -0.1) is 34.0 Å². The lowest BCUT2D eigenvalue weighted by molar-refractivity contribution is -0.147. The molecule has 2 aliphatic rings. The molecule has 5 heterocycles. The number of rotatable bonds is 21. The summed E-state index contributed by atoms with van der Waals surface area (Å²) < 4.78 is 138. The predicted octanol–water partition coefficient (Wildman–Crippen LogP) is 13.2. The van der Waals surface area contributed by atoms with E-state index < -0.39 is 82.1 Å². The fourth-order valence-corrected chi connectivity index (χ4v) is 17.0. The van der Waals surface area contributed by atoms with Crippen molar-refractivity contribution in [2.75, 3.05) is 0 Å². The third kappa shape index (κ3) is 13.3. The highest BCUT2D eigenvalue weighted by molar-refractivity contribution is 7.90. The third-order valence-electron chi connectivity index (χ3n) is 15.0. The van der Waals surface area contributed by atoms with Gasteiger partial charge >= 0.3 is 24.3 Å². The minimum Gasteiger partial charge on any atom is -0.481 e. The number of carboxylic acid groups (broad SMARTS) is 2. The van der Waals surface area contributed by atoms with Gasteiger partial charge in [-0.25, -0.2) is 41.8 Å². The van der Waals surface area contributed by atoms with E-state index in [0.29, 0.717) is 114 Å². The highest BCUT2D eigenvalue weighted by Gasteiger charge is 2.42. The van der Waals surface area contributed by atoms with Crippen LogP contribution in [0.15, 0.2) is 64.9 Å². The van der Waals surface area contributed by atoms with Gasteiger partial charge in [-0.05, 0) is 109 Å². The van der Waals surface area contributed by atoms with E-state index in [1.807, 2.05) is 0 Å². The molecule has 2 atom stereocenters. The lowest BCUT2D eigenvalue weighted by atomic mass is 9.71. The van der Waals surface area contributed by atoms with E-state index in [1.54, 1.807) is 49.3 Å². The zero-order valence-corrected chi connectivity index (χ0v) is 50.6. The molecule has 2 aliphatic carbocycles. The van der Waals surface area contributed by atoms with Crippen LogP contribution in [0.2, 0.25) is 10.0 Å². The van der Waals surface area contributed by atoms with Gasteiger partial charge in [-0.2, -0.15) is 35.8 Å². The summed E-state index contributed by atoms with van der Waals surface area (Å²) in [7, 11) is -9.54.